The van der Waals surface area contributed by atoms with Crippen molar-refractivity contribution in [2.45, 2.75) is 25.8 Å². The van der Waals surface area contributed by atoms with Gasteiger partial charge < -0.3 is 15.0 Å². The number of ether oxygens (including phenoxy) is 1. The molecule has 9 heteroatoms. The van der Waals surface area contributed by atoms with Crippen LogP contribution in [0, 0.1) is 18.8 Å². The molecule has 1 saturated heterocycles. The molecule has 2 bridgehead atoms. The summed E-state index contributed by atoms with van der Waals surface area (Å²) in [7, 11) is 1.83. The van der Waals surface area contributed by atoms with E-state index in [0.29, 0.717) is 40.6 Å². The Hall–Kier alpha value is -2.87. The molecule has 0 amide bonds. The molecule has 0 spiro atoms. The van der Waals surface area contributed by atoms with Crippen molar-refractivity contribution < 1.29 is 4.74 Å². The van der Waals surface area contributed by atoms with Gasteiger partial charge in [-0.05, 0) is 55.9 Å². The van der Waals surface area contributed by atoms with E-state index in [0.717, 1.165) is 24.6 Å². The van der Waals surface area contributed by atoms with Gasteiger partial charge in [0.2, 0.25) is 5.95 Å². The molecule has 30 heavy (non-hydrogen) atoms. The van der Waals surface area contributed by atoms with Crippen molar-refractivity contribution in [1.82, 2.24) is 24.7 Å². The van der Waals surface area contributed by atoms with Crippen LogP contribution in [0.3, 0.4) is 0 Å². The van der Waals surface area contributed by atoms with Gasteiger partial charge in [-0.3, -0.25) is 0 Å². The van der Waals surface area contributed by atoms with Gasteiger partial charge in [0.1, 0.15) is 17.9 Å². The van der Waals surface area contributed by atoms with Crippen molar-refractivity contribution in [2.75, 3.05) is 23.3 Å². The lowest BCUT2D eigenvalue weighted by Crippen LogP contribution is -2.48. The number of hydrogen-bond acceptors (Lipinski definition) is 7. The first-order valence-electron chi connectivity index (χ1n) is 10.2. The second-order valence-corrected chi connectivity index (χ2v) is 8.52. The molecule has 3 aromatic rings. The lowest BCUT2D eigenvalue weighted by Gasteiger charge is -2.38. The van der Waals surface area contributed by atoms with Crippen molar-refractivity contribution in [3.63, 3.8) is 0 Å². The van der Waals surface area contributed by atoms with Crippen LogP contribution < -0.4 is 15.0 Å². The Bertz CT molecular complexity index is 1020. The van der Waals surface area contributed by atoms with Gasteiger partial charge in [0.05, 0.1) is 0 Å². The Labute approximate surface area is 180 Å². The van der Waals surface area contributed by atoms with Gasteiger partial charge >= 0.3 is 6.01 Å². The molecule has 3 heterocycles. The average Bonchev–Trinajstić information content (AvgIpc) is 3.17. The van der Waals surface area contributed by atoms with Gasteiger partial charge in [-0.2, -0.15) is 4.98 Å². The number of piperidine rings is 1. The van der Waals surface area contributed by atoms with Crippen LogP contribution in [0.1, 0.15) is 18.5 Å². The molecule has 1 aromatic carbocycles. The highest BCUT2D eigenvalue weighted by molar-refractivity contribution is 6.30. The Morgan fingerprint density at radius 3 is 2.53 bits per heavy atom. The predicted molar refractivity (Wildman–Crippen MR) is 115 cm³/mol. The lowest BCUT2D eigenvalue weighted by atomic mass is 9.92. The standard InChI is InChI=1S/C21H24ClN7O/c1-13-9-18(24-12-23-13)29-10-14-3-4-15(11-29)19(14)25-20-26-21(28(2)27-20)30-17-7-5-16(22)6-8-17/h5-9,12,14-15,19H,3-4,10-11H2,1-2H3,(H,25,27)/t14-,15+,19?. The molecule has 1 saturated carbocycles. The molecule has 8 nitrogen and oxygen atoms in total. The first-order chi connectivity index (χ1) is 14.5. The van der Waals surface area contributed by atoms with E-state index in [4.69, 9.17) is 16.3 Å². The number of halogens is 1. The SMILES string of the molecule is Cc1cc(N2C[C@H]3CC[C@@H](C2)C3Nc2nc(Oc3ccc(Cl)cc3)n(C)n2)ncn1. The van der Waals surface area contributed by atoms with Gasteiger partial charge in [-0.15, -0.1) is 5.10 Å². The van der Waals surface area contributed by atoms with Crippen LogP contribution in [0.15, 0.2) is 36.7 Å². The molecular weight excluding hydrogens is 402 g/mol. The molecule has 2 aromatic heterocycles. The van der Waals surface area contributed by atoms with E-state index in [1.54, 1.807) is 23.1 Å². The third-order valence-electron chi connectivity index (χ3n) is 5.99. The van der Waals surface area contributed by atoms with E-state index in [1.807, 2.05) is 26.1 Å². The normalized spacial score (nSPS) is 22.9. The van der Waals surface area contributed by atoms with E-state index in [9.17, 15) is 0 Å². The summed E-state index contributed by atoms with van der Waals surface area (Å²) >= 11 is 5.94. The van der Waals surface area contributed by atoms with Crippen LogP contribution in [-0.4, -0.2) is 43.9 Å². The summed E-state index contributed by atoms with van der Waals surface area (Å²) in [6.45, 7) is 3.96. The van der Waals surface area contributed by atoms with E-state index in [2.05, 4.69) is 36.3 Å². The summed E-state index contributed by atoms with van der Waals surface area (Å²) in [5.74, 6) is 3.36. The van der Waals surface area contributed by atoms with Crippen LogP contribution in [0.5, 0.6) is 11.8 Å². The number of anilines is 2. The van der Waals surface area contributed by atoms with Gasteiger partial charge in [0.25, 0.3) is 0 Å². The topological polar surface area (TPSA) is 81.0 Å². The molecule has 0 radical (unpaired) electrons. The summed E-state index contributed by atoms with van der Waals surface area (Å²) in [5, 5.41) is 8.76. The zero-order chi connectivity index (χ0) is 20.7. The number of aromatic nitrogens is 5. The fourth-order valence-corrected chi connectivity index (χ4v) is 4.66. The molecule has 1 N–H and O–H groups in total. The molecular formula is C21H24ClN7O. The van der Waals surface area contributed by atoms with Gasteiger partial charge in [-0.25, -0.2) is 14.6 Å². The summed E-state index contributed by atoms with van der Waals surface area (Å²) < 4.78 is 7.51. The maximum atomic E-state index is 5.94. The summed E-state index contributed by atoms with van der Waals surface area (Å²) in [4.78, 5) is 15.6. The highest BCUT2D eigenvalue weighted by atomic mass is 35.5. The number of fused-ring (bicyclic) bond motifs is 2. The first-order valence-corrected chi connectivity index (χ1v) is 10.6. The molecule has 1 aliphatic carbocycles. The zero-order valence-electron chi connectivity index (χ0n) is 17.0. The molecule has 156 valence electrons. The van der Waals surface area contributed by atoms with E-state index >= 15 is 0 Å². The highest BCUT2D eigenvalue weighted by Crippen LogP contribution is 2.39. The Balaban J connectivity index is 1.27. The third-order valence-corrected chi connectivity index (χ3v) is 6.24. The van der Waals surface area contributed by atoms with Crippen LogP contribution in [-0.2, 0) is 7.05 Å². The van der Waals surface area contributed by atoms with Crippen LogP contribution >= 0.6 is 11.6 Å². The molecule has 1 unspecified atom stereocenters. The Kier molecular flexibility index (Phi) is 4.94. The predicted octanol–water partition coefficient (Wildman–Crippen LogP) is 3.69. The maximum absolute atomic E-state index is 5.94. The number of nitrogens with zero attached hydrogens (tertiary/aromatic N) is 6. The van der Waals surface area contributed by atoms with E-state index < -0.39 is 0 Å². The molecule has 1 aliphatic heterocycles. The molecule has 5 rings (SSSR count). The quantitative estimate of drug-likeness (QED) is 0.667. The Morgan fingerprint density at radius 2 is 1.83 bits per heavy atom. The zero-order valence-corrected chi connectivity index (χ0v) is 17.8. The van der Waals surface area contributed by atoms with E-state index in [1.165, 1.54) is 12.8 Å². The second-order valence-electron chi connectivity index (χ2n) is 8.09. The summed E-state index contributed by atoms with van der Waals surface area (Å²) in [5.41, 5.74) is 0.999. The molecule has 3 atom stereocenters. The maximum Gasteiger partial charge on any atom is 0.321 e. The number of hydrogen-bond donors (Lipinski definition) is 1. The number of rotatable bonds is 5. The smallest absolute Gasteiger partial charge is 0.321 e. The number of aryl methyl sites for hydroxylation is 2. The van der Waals surface area contributed by atoms with Crippen LogP contribution in [0.2, 0.25) is 5.02 Å². The van der Waals surface area contributed by atoms with Gasteiger partial charge in [0.15, 0.2) is 0 Å². The first kappa shape index (κ1) is 19.1. The van der Waals surface area contributed by atoms with Crippen molar-refractivity contribution in [2.24, 2.45) is 18.9 Å². The number of benzene rings is 1. The second kappa shape index (κ2) is 7.75. The Morgan fingerprint density at radius 1 is 1.10 bits per heavy atom. The summed E-state index contributed by atoms with van der Waals surface area (Å²) in [6.07, 6.45) is 4.05. The molecule has 2 fully saturated rings. The fourth-order valence-electron chi connectivity index (χ4n) is 4.54. The minimum Gasteiger partial charge on any atom is -0.424 e. The number of nitrogens with one attached hydrogen (secondary N) is 1. The van der Waals surface area contributed by atoms with Crippen LogP contribution in [0.25, 0.3) is 0 Å². The van der Waals surface area contributed by atoms with Crippen molar-refractivity contribution in [3.05, 3.63) is 47.4 Å². The lowest BCUT2D eigenvalue weighted by molar-refractivity contribution is 0.374. The van der Waals surface area contributed by atoms with Gasteiger partial charge in [0, 0.05) is 43.0 Å². The minimum atomic E-state index is 0.356. The van der Waals surface area contributed by atoms with E-state index in [-0.39, 0.29) is 0 Å². The minimum absolute atomic E-state index is 0.356. The van der Waals surface area contributed by atoms with Crippen molar-refractivity contribution in [1.29, 1.82) is 0 Å². The summed E-state index contributed by atoms with van der Waals surface area (Å²) in [6, 6.07) is 10.1. The molecule has 2 aliphatic rings. The van der Waals surface area contributed by atoms with Gasteiger partial charge in [-0.1, -0.05) is 11.6 Å². The van der Waals surface area contributed by atoms with Crippen LogP contribution in [0.4, 0.5) is 11.8 Å². The fraction of sp³-hybridized carbons (Fsp3) is 0.429. The highest BCUT2D eigenvalue weighted by Gasteiger charge is 2.43. The monoisotopic (exact) mass is 425 g/mol. The van der Waals surface area contributed by atoms with Crippen molar-refractivity contribution in [3.8, 4) is 11.8 Å². The average molecular weight is 426 g/mol. The van der Waals surface area contributed by atoms with Crippen molar-refractivity contribution >= 4 is 23.4 Å². The third kappa shape index (κ3) is 3.79. The largest absolute Gasteiger partial charge is 0.424 e.